The second-order valence-corrected chi connectivity index (χ2v) is 3.19. The van der Waals surface area contributed by atoms with E-state index in [2.05, 4.69) is 15.3 Å². The van der Waals surface area contributed by atoms with E-state index in [9.17, 15) is 4.79 Å². The number of aromatic nitrogens is 3. The van der Waals surface area contributed by atoms with E-state index in [4.69, 9.17) is 0 Å². The maximum absolute atomic E-state index is 11.5. The maximum Gasteiger partial charge on any atom is 0.356 e. The Bertz CT molecular complexity index is 520. The average molecular weight is 204 g/mol. The summed E-state index contributed by atoms with van der Waals surface area (Å²) >= 11 is 0. The van der Waals surface area contributed by atoms with E-state index in [1.165, 1.54) is 4.40 Å². The normalized spacial score (nSPS) is 10.5. The Morgan fingerprint density at radius 3 is 3.07 bits per heavy atom. The first-order chi connectivity index (χ1) is 7.31. The molecule has 0 atom stereocenters. The number of hydrogen-bond acceptors (Lipinski definition) is 4. The van der Waals surface area contributed by atoms with Gasteiger partial charge in [-0.3, -0.25) is 4.40 Å². The maximum atomic E-state index is 11.5. The number of nitrogens with one attached hydrogen (secondary N) is 1. The molecule has 2 aromatic rings. The standard InChI is InChI=1S/C10H12N4O/c1-2-6-11-9-12-8-5-3-4-7-14(8)10(15)13-9/h3-5,7H,2,6H2,1H3,(H,11,13,15). The summed E-state index contributed by atoms with van der Waals surface area (Å²) in [5, 5.41) is 2.99. The fourth-order valence-corrected chi connectivity index (χ4v) is 1.28. The molecule has 0 aromatic carbocycles. The van der Waals surface area contributed by atoms with Gasteiger partial charge in [-0.25, -0.2) is 4.79 Å². The van der Waals surface area contributed by atoms with Gasteiger partial charge in [-0.2, -0.15) is 9.97 Å². The first kappa shape index (κ1) is 9.64. The van der Waals surface area contributed by atoms with Crippen LogP contribution in [-0.2, 0) is 0 Å². The second kappa shape index (κ2) is 4.08. The number of pyridine rings is 1. The highest BCUT2D eigenvalue weighted by Crippen LogP contribution is 1.99. The van der Waals surface area contributed by atoms with E-state index in [0.717, 1.165) is 13.0 Å². The highest BCUT2D eigenvalue weighted by atomic mass is 16.1. The lowest BCUT2D eigenvalue weighted by Crippen LogP contribution is -2.20. The predicted octanol–water partition coefficient (Wildman–Crippen LogP) is 0.911. The summed E-state index contributed by atoms with van der Waals surface area (Å²) in [6.07, 6.45) is 2.62. The first-order valence-electron chi connectivity index (χ1n) is 4.90. The lowest BCUT2D eigenvalue weighted by Gasteiger charge is -2.03. The zero-order valence-corrected chi connectivity index (χ0v) is 8.47. The minimum absolute atomic E-state index is 0.306. The van der Waals surface area contributed by atoms with Gasteiger partial charge in [0.2, 0.25) is 5.95 Å². The fraction of sp³-hybridized carbons (Fsp3) is 0.300. The van der Waals surface area contributed by atoms with Crippen LogP contribution in [0.4, 0.5) is 5.95 Å². The Morgan fingerprint density at radius 1 is 1.40 bits per heavy atom. The molecule has 5 heteroatoms. The number of rotatable bonds is 3. The first-order valence-corrected chi connectivity index (χ1v) is 4.90. The van der Waals surface area contributed by atoms with Crippen LogP contribution in [0.1, 0.15) is 13.3 Å². The van der Waals surface area contributed by atoms with Crippen molar-refractivity contribution in [2.24, 2.45) is 0 Å². The minimum atomic E-state index is -0.306. The summed E-state index contributed by atoms with van der Waals surface area (Å²) in [4.78, 5) is 19.6. The van der Waals surface area contributed by atoms with Crippen LogP contribution in [0.3, 0.4) is 0 Å². The minimum Gasteiger partial charge on any atom is -0.354 e. The van der Waals surface area contributed by atoms with Crippen molar-refractivity contribution in [2.75, 3.05) is 11.9 Å². The molecule has 0 aliphatic rings. The van der Waals surface area contributed by atoms with Gasteiger partial charge in [0.05, 0.1) is 0 Å². The Morgan fingerprint density at radius 2 is 2.27 bits per heavy atom. The number of anilines is 1. The molecule has 0 bridgehead atoms. The van der Waals surface area contributed by atoms with Crippen LogP contribution in [0, 0.1) is 0 Å². The molecule has 0 aliphatic heterocycles. The van der Waals surface area contributed by atoms with Crippen LogP contribution in [-0.4, -0.2) is 20.9 Å². The van der Waals surface area contributed by atoms with Gasteiger partial charge in [-0.15, -0.1) is 0 Å². The zero-order chi connectivity index (χ0) is 10.7. The largest absolute Gasteiger partial charge is 0.356 e. The van der Waals surface area contributed by atoms with Crippen LogP contribution in [0.15, 0.2) is 29.2 Å². The van der Waals surface area contributed by atoms with Crippen LogP contribution >= 0.6 is 0 Å². The fourth-order valence-electron chi connectivity index (χ4n) is 1.28. The van der Waals surface area contributed by atoms with Crippen molar-refractivity contribution in [2.45, 2.75) is 13.3 Å². The molecule has 2 heterocycles. The van der Waals surface area contributed by atoms with E-state index >= 15 is 0 Å². The van der Waals surface area contributed by atoms with Crippen molar-refractivity contribution >= 4 is 11.6 Å². The Hall–Kier alpha value is -1.91. The van der Waals surface area contributed by atoms with Crippen LogP contribution < -0.4 is 11.0 Å². The summed E-state index contributed by atoms with van der Waals surface area (Å²) in [6, 6.07) is 5.39. The molecular formula is C10H12N4O. The molecule has 0 unspecified atom stereocenters. The summed E-state index contributed by atoms with van der Waals surface area (Å²) in [5.41, 5.74) is 0.301. The molecule has 1 N–H and O–H groups in total. The van der Waals surface area contributed by atoms with E-state index in [1.807, 2.05) is 13.0 Å². The van der Waals surface area contributed by atoms with E-state index in [0.29, 0.717) is 11.6 Å². The highest BCUT2D eigenvalue weighted by molar-refractivity contribution is 5.41. The van der Waals surface area contributed by atoms with Crippen molar-refractivity contribution < 1.29 is 0 Å². The monoisotopic (exact) mass is 204 g/mol. The average Bonchev–Trinajstić information content (AvgIpc) is 2.26. The van der Waals surface area contributed by atoms with Crippen LogP contribution in [0.25, 0.3) is 5.65 Å². The van der Waals surface area contributed by atoms with Gasteiger partial charge in [-0.05, 0) is 18.6 Å². The van der Waals surface area contributed by atoms with Gasteiger partial charge >= 0.3 is 5.69 Å². The number of hydrogen-bond donors (Lipinski definition) is 1. The SMILES string of the molecule is CCCNc1nc(=O)n2ccccc2n1. The van der Waals surface area contributed by atoms with Crippen LogP contribution in [0.5, 0.6) is 0 Å². The molecular weight excluding hydrogens is 192 g/mol. The third-order valence-corrected chi connectivity index (χ3v) is 2.00. The number of fused-ring (bicyclic) bond motifs is 1. The highest BCUT2D eigenvalue weighted by Gasteiger charge is 2.01. The number of nitrogens with zero attached hydrogens (tertiary/aromatic N) is 3. The van der Waals surface area contributed by atoms with Gasteiger partial charge in [0.1, 0.15) is 5.65 Å². The van der Waals surface area contributed by atoms with Crippen molar-refractivity contribution in [3.63, 3.8) is 0 Å². The lowest BCUT2D eigenvalue weighted by molar-refractivity contribution is 0.905. The third-order valence-electron chi connectivity index (χ3n) is 2.00. The Balaban J connectivity index is 2.48. The summed E-state index contributed by atoms with van der Waals surface area (Å²) < 4.78 is 1.41. The van der Waals surface area contributed by atoms with Crippen molar-refractivity contribution in [1.29, 1.82) is 0 Å². The van der Waals surface area contributed by atoms with Crippen molar-refractivity contribution in [1.82, 2.24) is 14.4 Å². The van der Waals surface area contributed by atoms with Crippen LogP contribution in [0.2, 0.25) is 0 Å². The van der Waals surface area contributed by atoms with Gasteiger partial charge in [0.15, 0.2) is 0 Å². The van der Waals surface area contributed by atoms with Crippen molar-refractivity contribution in [3.8, 4) is 0 Å². The lowest BCUT2D eigenvalue weighted by atomic mass is 10.5. The predicted molar refractivity (Wildman–Crippen MR) is 58.0 cm³/mol. The van der Waals surface area contributed by atoms with E-state index in [1.54, 1.807) is 18.3 Å². The molecule has 5 nitrogen and oxygen atoms in total. The zero-order valence-electron chi connectivity index (χ0n) is 8.47. The molecule has 0 fully saturated rings. The van der Waals surface area contributed by atoms with Gasteiger partial charge in [0.25, 0.3) is 0 Å². The molecule has 0 saturated heterocycles. The Kier molecular flexibility index (Phi) is 2.62. The molecule has 0 amide bonds. The summed E-state index contributed by atoms with van der Waals surface area (Å²) in [6.45, 7) is 2.81. The van der Waals surface area contributed by atoms with Gasteiger partial charge in [0, 0.05) is 12.7 Å². The van der Waals surface area contributed by atoms with Gasteiger partial charge in [-0.1, -0.05) is 13.0 Å². The Labute approximate surface area is 86.8 Å². The molecule has 0 spiro atoms. The van der Waals surface area contributed by atoms with Gasteiger partial charge < -0.3 is 5.32 Å². The van der Waals surface area contributed by atoms with E-state index < -0.39 is 0 Å². The topological polar surface area (TPSA) is 59.3 Å². The smallest absolute Gasteiger partial charge is 0.354 e. The molecule has 78 valence electrons. The molecule has 0 radical (unpaired) electrons. The quantitative estimate of drug-likeness (QED) is 0.807. The summed E-state index contributed by atoms with van der Waals surface area (Å²) in [7, 11) is 0. The molecule has 0 aliphatic carbocycles. The summed E-state index contributed by atoms with van der Waals surface area (Å²) in [5.74, 6) is 0.396. The van der Waals surface area contributed by atoms with E-state index in [-0.39, 0.29) is 5.69 Å². The molecule has 0 saturated carbocycles. The third kappa shape index (κ3) is 1.96. The second-order valence-electron chi connectivity index (χ2n) is 3.19. The van der Waals surface area contributed by atoms with Crippen molar-refractivity contribution in [3.05, 3.63) is 34.9 Å². The molecule has 15 heavy (non-hydrogen) atoms. The molecule has 2 rings (SSSR count). The molecule has 2 aromatic heterocycles.